The first-order chi connectivity index (χ1) is 10.9. The molecule has 1 aromatic rings. The van der Waals surface area contributed by atoms with Crippen molar-refractivity contribution in [1.29, 1.82) is 0 Å². The number of halogens is 3. The lowest BCUT2D eigenvalue weighted by molar-refractivity contribution is -0.188. The average molecular weight is 331 g/mol. The second kappa shape index (κ2) is 7.79. The molecule has 23 heavy (non-hydrogen) atoms. The van der Waals surface area contributed by atoms with Gasteiger partial charge < -0.3 is 14.7 Å². The van der Waals surface area contributed by atoms with Crippen molar-refractivity contribution in [3.8, 4) is 0 Å². The quantitative estimate of drug-likeness (QED) is 0.781. The SMILES string of the molecule is O=C(O)[C@@H]1CN(CCCOCc2ccccc2)C[C@H]1C(F)(F)F. The topological polar surface area (TPSA) is 49.8 Å². The lowest BCUT2D eigenvalue weighted by Crippen LogP contribution is -2.33. The van der Waals surface area contributed by atoms with Crippen molar-refractivity contribution in [2.75, 3.05) is 26.2 Å². The maximum absolute atomic E-state index is 12.9. The first-order valence-electron chi connectivity index (χ1n) is 7.51. The van der Waals surface area contributed by atoms with Crippen molar-refractivity contribution in [2.24, 2.45) is 11.8 Å². The van der Waals surface area contributed by atoms with Gasteiger partial charge in [0.05, 0.1) is 18.4 Å². The zero-order chi connectivity index (χ0) is 16.9. The fourth-order valence-corrected chi connectivity index (χ4v) is 2.80. The molecule has 0 aliphatic carbocycles. The molecule has 1 N–H and O–H groups in total. The van der Waals surface area contributed by atoms with Crippen LogP contribution >= 0.6 is 0 Å². The molecule has 0 aromatic heterocycles. The van der Waals surface area contributed by atoms with Crippen LogP contribution in [0.1, 0.15) is 12.0 Å². The van der Waals surface area contributed by atoms with E-state index in [2.05, 4.69) is 0 Å². The molecule has 0 radical (unpaired) electrons. The summed E-state index contributed by atoms with van der Waals surface area (Å²) < 4.78 is 44.1. The normalized spacial score (nSPS) is 22.4. The molecule has 1 aliphatic rings. The first-order valence-corrected chi connectivity index (χ1v) is 7.51. The van der Waals surface area contributed by atoms with Gasteiger partial charge in [0.25, 0.3) is 0 Å². The van der Waals surface area contributed by atoms with Crippen molar-refractivity contribution in [1.82, 2.24) is 4.90 Å². The fraction of sp³-hybridized carbons (Fsp3) is 0.562. The van der Waals surface area contributed by atoms with Gasteiger partial charge in [0.15, 0.2) is 0 Å². The second-order valence-electron chi connectivity index (χ2n) is 5.74. The minimum atomic E-state index is -4.47. The number of carboxylic acid groups (broad SMARTS) is 1. The molecule has 0 bridgehead atoms. The van der Waals surface area contributed by atoms with Crippen molar-refractivity contribution >= 4 is 5.97 Å². The van der Waals surface area contributed by atoms with E-state index in [1.165, 1.54) is 0 Å². The molecule has 2 atom stereocenters. The Bertz CT molecular complexity index is 507. The lowest BCUT2D eigenvalue weighted by atomic mass is 9.96. The maximum atomic E-state index is 12.9. The number of carbonyl (C=O) groups is 1. The monoisotopic (exact) mass is 331 g/mol. The third-order valence-corrected chi connectivity index (χ3v) is 4.01. The number of carboxylic acids is 1. The van der Waals surface area contributed by atoms with Crippen molar-refractivity contribution in [3.63, 3.8) is 0 Å². The molecule has 1 heterocycles. The predicted molar refractivity (Wildman–Crippen MR) is 77.8 cm³/mol. The number of alkyl halides is 3. The van der Waals surface area contributed by atoms with Crippen LogP contribution in [0.4, 0.5) is 13.2 Å². The Kier molecular flexibility index (Phi) is 6.01. The third kappa shape index (κ3) is 5.21. The second-order valence-corrected chi connectivity index (χ2v) is 5.74. The molecule has 0 unspecified atom stereocenters. The van der Waals surface area contributed by atoms with E-state index in [1.54, 1.807) is 4.90 Å². The minimum absolute atomic E-state index is 0.0573. The van der Waals surface area contributed by atoms with Crippen molar-refractivity contribution in [3.05, 3.63) is 35.9 Å². The number of likely N-dealkylation sites (tertiary alicyclic amines) is 1. The summed E-state index contributed by atoms with van der Waals surface area (Å²) in [7, 11) is 0. The fourth-order valence-electron chi connectivity index (χ4n) is 2.80. The molecule has 128 valence electrons. The summed E-state index contributed by atoms with van der Waals surface area (Å²) in [4.78, 5) is 12.5. The summed E-state index contributed by atoms with van der Waals surface area (Å²) in [5.74, 6) is -4.54. The number of hydrogen-bond donors (Lipinski definition) is 1. The minimum Gasteiger partial charge on any atom is -0.481 e. The molecule has 1 saturated heterocycles. The summed E-state index contributed by atoms with van der Waals surface area (Å²) in [5.41, 5.74) is 1.04. The number of nitrogens with zero attached hydrogens (tertiary/aromatic N) is 1. The van der Waals surface area contributed by atoms with Crippen LogP contribution in [-0.4, -0.2) is 48.4 Å². The van der Waals surface area contributed by atoms with E-state index in [4.69, 9.17) is 9.84 Å². The molecule has 1 fully saturated rings. The summed E-state index contributed by atoms with van der Waals surface area (Å²) in [5, 5.41) is 8.95. The highest BCUT2D eigenvalue weighted by atomic mass is 19.4. The Morgan fingerprint density at radius 1 is 1.26 bits per heavy atom. The predicted octanol–water partition coefficient (Wildman–Crippen LogP) is 2.79. The Labute approximate surface area is 132 Å². The first kappa shape index (κ1) is 17.7. The van der Waals surface area contributed by atoms with E-state index in [9.17, 15) is 18.0 Å². The molecule has 4 nitrogen and oxygen atoms in total. The van der Waals surface area contributed by atoms with Gasteiger partial charge in [-0.3, -0.25) is 4.79 Å². The van der Waals surface area contributed by atoms with Crippen LogP contribution in [0.5, 0.6) is 0 Å². The maximum Gasteiger partial charge on any atom is 0.393 e. The Morgan fingerprint density at radius 2 is 1.96 bits per heavy atom. The molecule has 0 spiro atoms. The summed E-state index contributed by atoms with van der Waals surface area (Å²) >= 11 is 0. The van der Waals surface area contributed by atoms with E-state index in [0.717, 1.165) is 5.56 Å². The van der Waals surface area contributed by atoms with Crippen molar-refractivity contribution in [2.45, 2.75) is 19.2 Å². The highest BCUT2D eigenvalue weighted by Crippen LogP contribution is 2.37. The van der Waals surface area contributed by atoms with Crippen LogP contribution in [0.25, 0.3) is 0 Å². The highest BCUT2D eigenvalue weighted by Gasteiger charge is 2.52. The van der Waals surface area contributed by atoms with Crippen LogP contribution in [0.3, 0.4) is 0 Å². The average Bonchev–Trinajstić information content (AvgIpc) is 2.93. The van der Waals surface area contributed by atoms with Crippen LogP contribution in [0.15, 0.2) is 30.3 Å². The van der Waals surface area contributed by atoms with Gasteiger partial charge in [-0.1, -0.05) is 30.3 Å². The van der Waals surface area contributed by atoms with E-state index < -0.39 is 24.0 Å². The summed E-state index contributed by atoms with van der Waals surface area (Å²) in [6.07, 6.45) is -3.90. The zero-order valence-corrected chi connectivity index (χ0v) is 12.6. The van der Waals surface area contributed by atoms with Crippen LogP contribution in [0.2, 0.25) is 0 Å². The van der Waals surface area contributed by atoms with Crippen molar-refractivity contribution < 1.29 is 27.8 Å². The highest BCUT2D eigenvalue weighted by molar-refractivity contribution is 5.71. The lowest BCUT2D eigenvalue weighted by Gasteiger charge is -2.18. The van der Waals surface area contributed by atoms with Gasteiger partial charge in [-0.25, -0.2) is 0 Å². The van der Waals surface area contributed by atoms with Gasteiger partial charge in [-0.15, -0.1) is 0 Å². The van der Waals surface area contributed by atoms with E-state index in [-0.39, 0.29) is 13.1 Å². The van der Waals surface area contributed by atoms with Crippen LogP contribution in [-0.2, 0) is 16.1 Å². The summed E-state index contributed by atoms with van der Waals surface area (Å²) in [6, 6.07) is 9.60. The van der Waals surface area contributed by atoms with Gasteiger partial charge in [-0.05, 0) is 12.0 Å². The largest absolute Gasteiger partial charge is 0.481 e. The van der Waals surface area contributed by atoms with Gasteiger partial charge in [0.1, 0.15) is 0 Å². The standard InChI is InChI=1S/C16H20F3NO3/c17-16(18,19)14-10-20(9-13(14)15(21)22)7-4-8-23-11-12-5-2-1-3-6-12/h1-3,5-6,13-14H,4,7-11H2,(H,21,22)/t13-,14-/m1/s1. The van der Waals surface area contributed by atoms with E-state index in [0.29, 0.717) is 26.2 Å². The van der Waals surface area contributed by atoms with Gasteiger partial charge in [0.2, 0.25) is 0 Å². The van der Waals surface area contributed by atoms with Gasteiger partial charge in [0, 0.05) is 26.2 Å². The van der Waals surface area contributed by atoms with E-state index >= 15 is 0 Å². The summed E-state index contributed by atoms with van der Waals surface area (Å²) in [6.45, 7) is 0.992. The number of benzene rings is 1. The van der Waals surface area contributed by atoms with Gasteiger partial charge >= 0.3 is 12.1 Å². The Balaban J connectivity index is 1.71. The zero-order valence-electron chi connectivity index (χ0n) is 12.6. The number of aliphatic carboxylic acids is 1. The molecule has 2 rings (SSSR count). The Hall–Kier alpha value is -1.60. The molecule has 1 aliphatic heterocycles. The molecule has 0 amide bonds. The molecular weight excluding hydrogens is 311 g/mol. The molecule has 1 aromatic carbocycles. The molecule has 7 heteroatoms. The third-order valence-electron chi connectivity index (χ3n) is 4.01. The number of rotatable bonds is 7. The Morgan fingerprint density at radius 3 is 2.52 bits per heavy atom. The smallest absolute Gasteiger partial charge is 0.393 e. The van der Waals surface area contributed by atoms with Crippen LogP contribution < -0.4 is 0 Å². The number of hydrogen-bond acceptors (Lipinski definition) is 3. The van der Waals surface area contributed by atoms with Gasteiger partial charge in [-0.2, -0.15) is 13.2 Å². The van der Waals surface area contributed by atoms with E-state index in [1.807, 2.05) is 30.3 Å². The number of ether oxygens (including phenoxy) is 1. The molecule has 0 saturated carbocycles. The molecular formula is C16H20F3NO3. The van der Waals surface area contributed by atoms with Crippen LogP contribution in [0, 0.1) is 11.8 Å².